The lowest BCUT2D eigenvalue weighted by atomic mass is 10.1. The van der Waals surface area contributed by atoms with E-state index in [0.29, 0.717) is 13.1 Å². The third-order valence-corrected chi connectivity index (χ3v) is 3.51. The van der Waals surface area contributed by atoms with Gasteiger partial charge in [-0.3, -0.25) is 9.69 Å². The maximum Gasteiger partial charge on any atom is 0.217 e. The molecule has 0 bridgehead atoms. The van der Waals surface area contributed by atoms with Crippen LogP contribution >= 0.6 is 0 Å². The van der Waals surface area contributed by atoms with Gasteiger partial charge in [0, 0.05) is 20.0 Å². The van der Waals surface area contributed by atoms with E-state index < -0.39 is 6.10 Å². The summed E-state index contributed by atoms with van der Waals surface area (Å²) in [5.74, 6) is -0.165. The van der Waals surface area contributed by atoms with E-state index in [-0.39, 0.29) is 24.6 Å². The number of aliphatic hydroxyl groups excluding tert-OH is 2. The summed E-state index contributed by atoms with van der Waals surface area (Å²) >= 11 is 0. The highest BCUT2D eigenvalue weighted by Crippen LogP contribution is 2.21. The second kappa shape index (κ2) is 6.14. The van der Waals surface area contributed by atoms with Crippen molar-refractivity contribution < 1.29 is 15.0 Å². The van der Waals surface area contributed by atoms with E-state index in [1.165, 1.54) is 6.92 Å². The summed E-state index contributed by atoms with van der Waals surface area (Å²) in [5.41, 5.74) is 1.12. The number of hydrogen-bond donors (Lipinski definition) is 3. The molecular weight excluding hydrogens is 244 g/mol. The van der Waals surface area contributed by atoms with Gasteiger partial charge in [0.15, 0.2) is 0 Å². The molecule has 1 aliphatic heterocycles. The number of carbonyl (C=O) groups excluding carboxylic acids is 1. The zero-order chi connectivity index (χ0) is 13.8. The van der Waals surface area contributed by atoms with E-state index in [9.17, 15) is 15.0 Å². The molecule has 0 aliphatic carbocycles. The first-order valence-electron chi connectivity index (χ1n) is 6.46. The molecule has 1 heterocycles. The molecule has 1 aromatic carbocycles. The van der Waals surface area contributed by atoms with Gasteiger partial charge in [0.1, 0.15) is 0 Å². The van der Waals surface area contributed by atoms with Gasteiger partial charge in [0.05, 0.1) is 24.8 Å². The van der Waals surface area contributed by atoms with Gasteiger partial charge in [-0.05, 0) is 5.56 Å². The van der Waals surface area contributed by atoms with E-state index in [2.05, 4.69) is 5.32 Å². The SMILES string of the molecule is CC(=O)NC1CN(Cc2ccccc2)C(CO)C1O. The van der Waals surface area contributed by atoms with Gasteiger partial charge < -0.3 is 15.5 Å². The lowest BCUT2D eigenvalue weighted by Gasteiger charge is -2.23. The lowest BCUT2D eigenvalue weighted by Crippen LogP contribution is -2.44. The summed E-state index contributed by atoms with van der Waals surface area (Å²) in [4.78, 5) is 13.1. The Hall–Kier alpha value is -1.43. The smallest absolute Gasteiger partial charge is 0.217 e. The van der Waals surface area contributed by atoms with Gasteiger partial charge in [-0.25, -0.2) is 0 Å². The molecule has 3 unspecified atom stereocenters. The number of hydrogen-bond acceptors (Lipinski definition) is 4. The number of amides is 1. The third-order valence-electron chi connectivity index (χ3n) is 3.51. The van der Waals surface area contributed by atoms with Gasteiger partial charge in [-0.15, -0.1) is 0 Å². The van der Waals surface area contributed by atoms with Crippen molar-refractivity contribution in [2.45, 2.75) is 31.7 Å². The van der Waals surface area contributed by atoms with Crippen LogP contribution in [0.15, 0.2) is 30.3 Å². The monoisotopic (exact) mass is 264 g/mol. The van der Waals surface area contributed by atoms with Crippen LogP contribution in [0.25, 0.3) is 0 Å². The van der Waals surface area contributed by atoms with E-state index in [1.807, 2.05) is 35.2 Å². The van der Waals surface area contributed by atoms with Crippen molar-refractivity contribution in [3.8, 4) is 0 Å². The average Bonchev–Trinajstić information content (AvgIpc) is 2.66. The molecule has 1 fully saturated rings. The second-order valence-corrected chi connectivity index (χ2v) is 4.96. The first-order valence-corrected chi connectivity index (χ1v) is 6.46. The summed E-state index contributed by atoms with van der Waals surface area (Å²) in [6.07, 6.45) is -0.738. The second-order valence-electron chi connectivity index (χ2n) is 4.96. The predicted molar refractivity (Wildman–Crippen MR) is 71.3 cm³/mol. The van der Waals surface area contributed by atoms with E-state index in [0.717, 1.165) is 5.56 Å². The molecule has 104 valence electrons. The molecule has 19 heavy (non-hydrogen) atoms. The van der Waals surface area contributed by atoms with Crippen LogP contribution in [0, 0.1) is 0 Å². The van der Waals surface area contributed by atoms with Crippen LogP contribution in [-0.2, 0) is 11.3 Å². The molecule has 1 aliphatic rings. The highest BCUT2D eigenvalue weighted by atomic mass is 16.3. The van der Waals surface area contributed by atoms with Gasteiger partial charge in [-0.1, -0.05) is 30.3 Å². The topological polar surface area (TPSA) is 72.8 Å². The fraction of sp³-hybridized carbons (Fsp3) is 0.500. The van der Waals surface area contributed by atoms with Crippen LogP contribution < -0.4 is 5.32 Å². The third kappa shape index (κ3) is 3.32. The molecule has 3 atom stereocenters. The molecule has 0 spiro atoms. The Balaban J connectivity index is 2.05. The Bertz CT molecular complexity index is 424. The lowest BCUT2D eigenvalue weighted by molar-refractivity contribution is -0.120. The maximum absolute atomic E-state index is 11.1. The van der Waals surface area contributed by atoms with Gasteiger partial charge >= 0.3 is 0 Å². The van der Waals surface area contributed by atoms with Crippen LogP contribution in [0.2, 0.25) is 0 Å². The normalized spacial score (nSPS) is 27.4. The molecule has 5 heteroatoms. The van der Waals surface area contributed by atoms with E-state index >= 15 is 0 Å². The zero-order valence-electron chi connectivity index (χ0n) is 11.0. The summed E-state index contributed by atoms with van der Waals surface area (Å²) in [6.45, 7) is 2.50. The number of nitrogens with zero attached hydrogens (tertiary/aromatic N) is 1. The Labute approximate surface area is 112 Å². The molecule has 3 N–H and O–H groups in total. The number of carbonyl (C=O) groups is 1. The highest BCUT2D eigenvalue weighted by Gasteiger charge is 2.40. The highest BCUT2D eigenvalue weighted by molar-refractivity contribution is 5.73. The summed E-state index contributed by atoms with van der Waals surface area (Å²) in [5, 5.41) is 22.3. The number of likely N-dealkylation sites (tertiary alicyclic amines) is 1. The Morgan fingerprint density at radius 1 is 1.42 bits per heavy atom. The van der Waals surface area contributed by atoms with Gasteiger partial charge in [-0.2, -0.15) is 0 Å². The van der Waals surface area contributed by atoms with Crippen LogP contribution in [0.3, 0.4) is 0 Å². The molecule has 1 amide bonds. The summed E-state index contributed by atoms with van der Waals surface area (Å²) in [7, 11) is 0. The molecule has 1 saturated heterocycles. The van der Waals surface area contributed by atoms with Crippen molar-refractivity contribution in [1.29, 1.82) is 0 Å². The minimum atomic E-state index is -0.738. The first kappa shape index (κ1) is 14.0. The number of rotatable bonds is 4. The summed E-state index contributed by atoms with van der Waals surface area (Å²) in [6, 6.07) is 9.23. The van der Waals surface area contributed by atoms with Crippen molar-refractivity contribution in [2.24, 2.45) is 0 Å². The molecule has 1 aromatic rings. The summed E-state index contributed by atoms with van der Waals surface area (Å²) < 4.78 is 0. The molecule has 2 rings (SSSR count). The quantitative estimate of drug-likeness (QED) is 0.700. The maximum atomic E-state index is 11.1. The van der Waals surface area contributed by atoms with Crippen molar-refractivity contribution in [3.05, 3.63) is 35.9 Å². The first-order chi connectivity index (χ1) is 9.11. The van der Waals surface area contributed by atoms with Crippen LogP contribution in [0.1, 0.15) is 12.5 Å². The fourth-order valence-electron chi connectivity index (χ4n) is 2.60. The van der Waals surface area contributed by atoms with Gasteiger partial charge in [0.25, 0.3) is 0 Å². The van der Waals surface area contributed by atoms with Crippen LogP contribution in [0.5, 0.6) is 0 Å². The van der Waals surface area contributed by atoms with Crippen molar-refractivity contribution in [3.63, 3.8) is 0 Å². The fourth-order valence-corrected chi connectivity index (χ4v) is 2.60. The van der Waals surface area contributed by atoms with E-state index in [4.69, 9.17) is 0 Å². The van der Waals surface area contributed by atoms with Crippen LogP contribution in [-0.4, -0.2) is 52.4 Å². The molecule has 0 saturated carbocycles. The zero-order valence-corrected chi connectivity index (χ0v) is 11.0. The largest absolute Gasteiger partial charge is 0.395 e. The van der Waals surface area contributed by atoms with Gasteiger partial charge in [0.2, 0.25) is 5.91 Å². The van der Waals surface area contributed by atoms with Crippen molar-refractivity contribution >= 4 is 5.91 Å². The predicted octanol–water partition coefficient (Wildman–Crippen LogP) is -0.271. The minimum Gasteiger partial charge on any atom is -0.395 e. The molecular formula is C14H20N2O3. The Morgan fingerprint density at radius 2 is 2.11 bits per heavy atom. The number of nitrogens with one attached hydrogen (secondary N) is 1. The van der Waals surface area contributed by atoms with E-state index in [1.54, 1.807) is 0 Å². The molecule has 5 nitrogen and oxygen atoms in total. The average molecular weight is 264 g/mol. The standard InChI is InChI=1S/C14H20N2O3/c1-10(18)15-12-8-16(13(9-17)14(12)19)7-11-5-3-2-4-6-11/h2-6,12-14,17,19H,7-9H2,1H3,(H,15,18). The van der Waals surface area contributed by atoms with Crippen molar-refractivity contribution in [1.82, 2.24) is 10.2 Å². The molecule has 0 aromatic heterocycles. The van der Waals surface area contributed by atoms with Crippen molar-refractivity contribution in [2.75, 3.05) is 13.2 Å². The number of aliphatic hydroxyl groups is 2. The Kier molecular flexibility index (Phi) is 4.52. The Morgan fingerprint density at radius 3 is 2.68 bits per heavy atom. The molecule has 0 radical (unpaired) electrons. The minimum absolute atomic E-state index is 0.121. The van der Waals surface area contributed by atoms with Crippen LogP contribution in [0.4, 0.5) is 0 Å². The number of benzene rings is 1.